The summed E-state index contributed by atoms with van der Waals surface area (Å²) in [4.78, 5) is 24.2. The van der Waals surface area contributed by atoms with E-state index in [0.717, 1.165) is 31.2 Å². The van der Waals surface area contributed by atoms with Crippen molar-refractivity contribution in [1.82, 2.24) is 0 Å². The van der Waals surface area contributed by atoms with Crippen LogP contribution in [-0.4, -0.2) is 10.8 Å². The van der Waals surface area contributed by atoms with Crippen LogP contribution in [0, 0.1) is 34.3 Å². The number of thiophene rings is 1. The van der Waals surface area contributed by atoms with Gasteiger partial charge in [0.15, 0.2) is 0 Å². The predicted molar refractivity (Wildman–Crippen MR) is 101 cm³/mol. The number of rotatable bonds is 4. The topological polar surface area (TPSA) is 96.0 Å². The molecule has 1 aromatic heterocycles. The fourth-order valence-corrected chi connectivity index (χ4v) is 4.69. The standard InChI is InChI=1S/C19H19N3O3S/c1-3-12-4-6-14-15(10-20)19(26-17(14)9-12)21-18(23)13-5-7-16(22(24)25)11(2)8-13/h5,7-8,12H,3-4,6,9H2,1-2H3,(H,21,23). The zero-order valence-electron chi connectivity index (χ0n) is 14.7. The van der Waals surface area contributed by atoms with Crippen molar-refractivity contribution in [1.29, 1.82) is 5.26 Å². The summed E-state index contributed by atoms with van der Waals surface area (Å²) in [6, 6.07) is 6.51. The number of nitrogens with one attached hydrogen (secondary N) is 1. The number of aryl methyl sites for hydroxylation is 1. The first kappa shape index (κ1) is 18.1. The van der Waals surface area contributed by atoms with E-state index in [2.05, 4.69) is 18.3 Å². The molecule has 1 unspecified atom stereocenters. The molecule has 134 valence electrons. The van der Waals surface area contributed by atoms with Crippen molar-refractivity contribution in [3.05, 3.63) is 55.4 Å². The maximum atomic E-state index is 12.6. The minimum atomic E-state index is -0.470. The number of amides is 1. The Balaban J connectivity index is 1.86. The Morgan fingerprint density at radius 1 is 1.50 bits per heavy atom. The Bertz CT molecular complexity index is 927. The number of hydrogen-bond donors (Lipinski definition) is 1. The van der Waals surface area contributed by atoms with Gasteiger partial charge in [-0.3, -0.25) is 14.9 Å². The molecular weight excluding hydrogens is 350 g/mol. The summed E-state index contributed by atoms with van der Waals surface area (Å²) in [6.07, 6.45) is 4.02. The smallest absolute Gasteiger partial charge is 0.272 e. The summed E-state index contributed by atoms with van der Waals surface area (Å²) in [5.41, 5.74) is 2.38. The van der Waals surface area contributed by atoms with Gasteiger partial charge in [-0.25, -0.2) is 0 Å². The molecule has 1 amide bonds. The largest absolute Gasteiger partial charge is 0.312 e. The van der Waals surface area contributed by atoms with Gasteiger partial charge in [-0.05, 0) is 49.8 Å². The van der Waals surface area contributed by atoms with Crippen LogP contribution in [0.5, 0.6) is 0 Å². The number of anilines is 1. The first-order valence-corrected chi connectivity index (χ1v) is 9.37. The third-order valence-corrected chi connectivity index (χ3v) is 6.11. The summed E-state index contributed by atoms with van der Waals surface area (Å²) in [5, 5.41) is 23.9. The number of benzene rings is 1. The van der Waals surface area contributed by atoms with Gasteiger partial charge in [0.05, 0.1) is 10.5 Å². The highest BCUT2D eigenvalue weighted by molar-refractivity contribution is 7.16. The second-order valence-electron chi connectivity index (χ2n) is 6.55. The van der Waals surface area contributed by atoms with E-state index in [1.54, 1.807) is 6.92 Å². The Morgan fingerprint density at radius 2 is 2.27 bits per heavy atom. The Labute approximate surface area is 155 Å². The van der Waals surface area contributed by atoms with E-state index >= 15 is 0 Å². The number of nitriles is 1. The molecule has 0 spiro atoms. The first-order valence-electron chi connectivity index (χ1n) is 8.55. The summed E-state index contributed by atoms with van der Waals surface area (Å²) in [7, 11) is 0. The first-order chi connectivity index (χ1) is 12.4. The summed E-state index contributed by atoms with van der Waals surface area (Å²) in [5.74, 6) is 0.277. The molecule has 6 nitrogen and oxygen atoms in total. The van der Waals surface area contributed by atoms with Crippen LogP contribution in [0.1, 0.15) is 51.7 Å². The number of fused-ring (bicyclic) bond motifs is 1. The Hall–Kier alpha value is -2.72. The van der Waals surface area contributed by atoms with Gasteiger partial charge >= 0.3 is 0 Å². The average Bonchev–Trinajstić information content (AvgIpc) is 2.96. The van der Waals surface area contributed by atoms with E-state index in [1.807, 2.05) is 0 Å². The maximum Gasteiger partial charge on any atom is 0.272 e. The van der Waals surface area contributed by atoms with Crippen LogP contribution in [0.15, 0.2) is 18.2 Å². The summed E-state index contributed by atoms with van der Waals surface area (Å²) >= 11 is 1.48. The molecule has 1 heterocycles. The molecule has 1 aliphatic carbocycles. The zero-order chi connectivity index (χ0) is 18.8. The SMILES string of the molecule is CCC1CCc2c(sc(NC(=O)c3ccc([N+](=O)[O-])c(C)c3)c2C#N)C1. The molecule has 1 aliphatic rings. The van der Waals surface area contributed by atoms with Gasteiger partial charge in [0.1, 0.15) is 11.1 Å². The molecule has 26 heavy (non-hydrogen) atoms. The molecule has 7 heteroatoms. The molecule has 0 bridgehead atoms. The van der Waals surface area contributed by atoms with Crippen molar-refractivity contribution in [3.8, 4) is 6.07 Å². The molecule has 0 saturated heterocycles. The fourth-order valence-electron chi connectivity index (χ4n) is 3.39. The lowest BCUT2D eigenvalue weighted by Gasteiger charge is -2.20. The van der Waals surface area contributed by atoms with E-state index in [-0.39, 0.29) is 11.6 Å². The summed E-state index contributed by atoms with van der Waals surface area (Å²) < 4.78 is 0. The van der Waals surface area contributed by atoms with Crippen molar-refractivity contribution < 1.29 is 9.72 Å². The number of nitro groups is 1. The second-order valence-corrected chi connectivity index (χ2v) is 7.65. The molecule has 1 aromatic carbocycles. The van der Waals surface area contributed by atoms with Crippen molar-refractivity contribution in [2.24, 2.45) is 5.92 Å². The fraction of sp³-hybridized carbons (Fsp3) is 0.368. The predicted octanol–water partition coefficient (Wildman–Crippen LogP) is 4.60. The number of carbonyl (C=O) groups excluding carboxylic acids is 1. The Kier molecular flexibility index (Phi) is 5.05. The minimum Gasteiger partial charge on any atom is -0.312 e. The molecule has 0 radical (unpaired) electrons. The van der Waals surface area contributed by atoms with Crippen molar-refractivity contribution >= 4 is 27.9 Å². The molecule has 0 aliphatic heterocycles. The van der Waals surface area contributed by atoms with Crippen LogP contribution in [0.3, 0.4) is 0 Å². The van der Waals surface area contributed by atoms with Gasteiger partial charge in [-0.1, -0.05) is 13.3 Å². The quantitative estimate of drug-likeness (QED) is 0.629. The van der Waals surface area contributed by atoms with Crippen molar-refractivity contribution in [2.75, 3.05) is 5.32 Å². The molecule has 0 saturated carbocycles. The molecule has 0 fully saturated rings. The third kappa shape index (κ3) is 3.33. The lowest BCUT2D eigenvalue weighted by atomic mass is 9.86. The van der Waals surface area contributed by atoms with Gasteiger partial charge in [-0.2, -0.15) is 5.26 Å². The van der Waals surface area contributed by atoms with Gasteiger partial charge < -0.3 is 5.32 Å². The van der Waals surface area contributed by atoms with E-state index < -0.39 is 4.92 Å². The van der Waals surface area contributed by atoms with Crippen LogP contribution in [-0.2, 0) is 12.8 Å². The number of carbonyl (C=O) groups is 1. The number of nitrogens with zero attached hydrogens (tertiary/aromatic N) is 2. The van der Waals surface area contributed by atoms with Crippen LogP contribution in [0.4, 0.5) is 10.7 Å². The molecule has 1 N–H and O–H groups in total. The van der Waals surface area contributed by atoms with E-state index in [4.69, 9.17) is 0 Å². The highest BCUT2D eigenvalue weighted by Gasteiger charge is 2.26. The third-order valence-electron chi connectivity index (χ3n) is 4.94. The zero-order valence-corrected chi connectivity index (χ0v) is 15.5. The van der Waals surface area contributed by atoms with Crippen LogP contribution >= 0.6 is 11.3 Å². The van der Waals surface area contributed by atoms with Gasteiger partial charge in [0, 0.05) is 22.1 Å². The van der Waals surface area contributed by atoms with Crippen LogP contribution < -0.4 is 5.32 Å². The van der Waals surface area contributed by atoms with Crippen LogP contribution in [0.2, 0.25) is 0 Å². The van der Waals surface area contributed by atoms with Gasteiger partial charge in [0.2, 0.25) is 0 Å². The van der Waals surface area contributed by atoms with Gasteiger partial charge in [-0.15, -0.1) is 11.3 Å². The second kappa shape index (κ2) is 7.26. The highest BCUT2D eigenvalue weighted by Crippen LogP contribution is 2.40. The number of nitro benzene ring substituents is 1. The molecule has 1 atom stereocenters. The molecule has 2 aromatic rings. The average molecular weight is 369 g/mol. The normalized spacial score (nSPS) is 15.8. The van der Waals surface area contributed by atoms with Crippen molar-refractivity contribution in [3.63, 3.8) is 0 Å². The van der Waals surface area contributed by atoms with E-state index in [9.17, 15) is 20.2 Å². The van der Waals surface area contributed by atoms with Gasteiger partial charge in [0.25, 0.3) is 11.6 Å². The van der Waals surface area contributed by atoms with Crippen molar-refractivity contribution in [2.45, 2.75) is 39.5 Å². The Morgan fingerprint density at radius 3 is 2.88 bits per heavy atom. The summed E-state index contributed by atoms with van der Waals surface area (Å²) in [6.45, 7) is 3.78. The van der Waals surface area contributed by atoms with Crippen LogP contribution in [0.25, 0.3) is 0 Å². The monoisotopic (exact) mass is 369 g/mol. The lowest BCUT2D eigenvalue weighted by Crippen LogP contribution is -2.13. The lowest BCUT2D eigenvalue weighted by molar-refractivity contribution is -0.385. The minimum absolute atomic E-state index is 0.0172. The highest BCUT2D eigenvalue weighted by atomic mass is 32.1. The maximum absolute atomic E-state index is 12.6. The molecular formula is C19H19N3O3S. The molecule has 3 rings (SSSR count). The number of hydrogen-bond acceptors (Lipinski definition) is 5. The van der Waals surface area contributed by atoms with E-state index in [0.29, 0.717) is 27.6 Å². The van der Waals surface area contributed by atoms with E-state index in [1.165, 1.54) is 34.4 Å².